The number of hydrogen-bond donors (Lipinski definition) is 1. The second-order valence-electron chi connectivity index (χ2n) is 5.32. The Kier molecular flexibility index (Phi) is 4.45. The van der Waals surface area contributed by atoms with Gasteiger partial charge in [0, 0.05) is 11.8 Å². The molecule has 0 spiro atoms. The van der Waals surface area contributed by atoms with Crippen LogP contribution in [0.15, 0.2) is 53.4 Å². The van der Waals surface area contributed by atoms with Crippen molar-refractivity contribution in [3.63, 3.8) is 0 Å². The third-order valence-electron chi connectivity index (χ3n) is 3.63. The first-order chi connectivity index (χ1) is 11.9. The Morgan fingerprint density at radius 1 is 1.16 bits per heavy atom. The minimum absolute atomic E-state index is 0.0774. The lowest BCUT2D eigenvalue weighted by atomic mass is 10.2. The number of nitrogens with one attached hydrogen (secondary N) is 1. The minimum Gasteiger partial charge on any atom is -0.494 e. The van der Waals surface area contributed by atoms with Crippen LogP contribution in [0.1, 0.15) is 17.3 Å². The van der Waals surface area contributed by atoms with E-state index in [9.17, 15) is 18.0 Å². The topological polar surface area (TPSA) is 92.8 Å². The summed E-state index contributed by atoms with van der Waals surface area (Å²) in [5, 5.41) is 2.58. The van der Waals surface area contributed by atoms with Crippen LogP contribution in [0.3, 0.4) is 0 Å². The zero-order valence-corrected chi connectivity index (χ0v) is 14.2. The number of sulfonamides is 1. The second kappa shape index (κ2) is 6.56. The van der Waals surface area contributed by atoms with Crippen molar-refractivity contribution in [1.29, 1.82) is 0 Å². The molecule has 2 aromatic carbocycles. The highest BCUT2D eigenvalue weighted by atomic mass is 32.2. The molecule has 1 aliphatic rings. The predicted octanol–water partition coefficient (Wildman–Crippen LogP) is 1.87. The Bertz CT molecular complexity index is 940. The summed E-state index contributed by atoms with van der Waals surface area (Å²) in [5.41, 5.74) is 0.533. The highest BCUT2D eigenvalue weighted by Gasteiger charge is 2.41. The Morgan fingerprint density at radius 3 is 2.64 bits per heavy atom. The monoisotopic (exact) mass is 360 g/mol. The number of benzene rings is 2. The summed E-state index contributed by atoms with van der Waals surface area (Å²) in [6.45, 7) is 1.73. The van der Waals surface area contributed by atoms with Crippen molar-refractivity contribution in [2.45, 2.75) is 11.8 Å². The first kappa shape index (κ1) is 17.0. The van der Waals surface area contributed by atoms with Gasteiger partial charge >= 0.3 is 0 Å². The van der Waals surface area contributed by atoms with E-state index in [1.54, 1.807) is 30.3 Å². The van der Waals surface area contributed by atoms with E-state index in [1.165, 1.54) is 18.2 Å². The van der Waals surface area contributed by atoms with Crippen molar-refractivity contribution < 1.29 is 22.7 Å². The molecule has 2 amide bonds. The molecule has 0 saturated heterocycles. The third-order valence-corrected chi connectivity index (χ3v) is 5.42. The number of rotatable bonds is 5. The number of amides is 2. The molecule has 1 N–H and O–H groups in total. The molecule has 0 saturated carbocycles. The van der Waals surface area contributed by atoms with E-state index in [0.717, 1.165) is 0 Å². The molecule has 1 heterocycles. The number of carbonyl (C=O) groups excluding carboxylic acids is 2. The van der Waals surface area contributed by atoms with E-state index >= 15 is 0 Å². The van der Waals surface area contributed by atoms with Gasteiger partial charge in [-0.05, 0) is 31.2 Å². The van der Waals surface area contributed by atoms with Gasteiger partial charge in [0.15, 0.2) is 0 Å². The number of nitrogens with zero attached hydrogens (tertiary/aromatic N) is 1. The lowest BCUT2D eigenvalue weighted by molar-refractivity contribution is -0.116. The van der Waals surface area contributed by atoms with Crippen LogP contribution in [0, 0.1) is 0 Å². The fraction of sp³-hybridized carbons (Fsp3) is 0.176. The Balaban J connectivity index is 1.76. The van der Waals surface area contributed by atoms with Crippen LogP contribution in [0.25, 0.3) is 0 Å². The fourth-order valence-corrected chi connectivity index (χ4v) is 4.07. The first-order valence-electron chi connectivity index (χ1n) is 7.62. The van der Waals surface area contributed by atoms with Crippen molar-refractivity contribution in [2.24, 2.45) is 0 Å². The maximum Gasteiger partial charge on any atom is 0.269 e. The second-order valence-corrected chi connectivity index (χ2v) is 7.15. The quantitative estimate of drug-likeness (QED) is 0.879. The van der Waals surface area contributed by atoms with Crippen LogP contribution in [-0.2, 0) is 14.8 Å². The van der Waals surface area contributed by atoms with Crippen LogP contribution in [0.4, 0.5) is 5.69 Å². The van der Waals surface area contributed by atoms with Crippen molar-refractivity contribution in [2.75, 3.05) is 18.5 Å². The summed E-state index contributed by atoms with van der Waals surface area (Å²) in [6.07, 6.45) is 0. The van der Waals surface area contributed by atoms with Crippen LogP contribution >= 0.6 is 0 Å². The van der Waals surface area contributed by atoms with Gasteiger partial charge in [-0.25, -0.2) is 12.7 Å². The van der Waals surface area contributed by atoms with E-state index in [4.69, 9.17) is 4.74 Å². The Labute approximate surface area is 145 Å². The van der Waals surface area contributed by atoms with E-state index in [1.807, 2.05) is 6.92 Å². The summed E-state index contributed by atoms with van der Waals surface area (Å²) in [6, 6.07) is 12.6. The fourth-order valence-electron chi connectivity index (χ4n) is 2.55. The number of ether oxygens (including phenoxy) is 1. The standard InChI is InChI=1S/C17H16N2O5S/c1-2-24-13-7-5-6-12(10-13)18-16(20)11-19-17(21)14-8-3-4-9-15(14)25(19,22)23/h3-10H,2,11H2,1H3,(H,18,20). The molecule has 0 aromatic heterocycles. The molecule has 8 heteroatoms. The van der Waals surface area contributed by atoms with E-state index < -0.39 is 28.4 Å². The summed E-state index contributed by atoms with van der Waals surface area (Å²) in [4.78, 5) is 24.4. The molecule has 1 aliphatic heterocycles. The molecule has 25 heavy (non-hydrogen) atoms. The maximum atomic E-state index is 12.4. The summed E-state index contributed by atoms with van der Waals surface area (Å²) in [5.74, 6) is -0.732. The van der Waals surface area contributed by atoms with Crippen LogP contribution in [-0.4, -0.2) is 37.7 Å². The lowest BCUT2D eigenvalue weighted by Crippen LogP contribution is -2.37. The predicted molar refractivity (Wildman–Crippen MR) is 90.9 cm³/mol. The number of carbonyl (C=O) groups is 2. The molecule has 0 radical (unpaired) electrons. The average Bonchev–Trinajstić information content (AvgIpc) is 2.77. The summed E-state index contributed by atoms with van der Waals surface area (Å²) in [7, 11) is -4.00. The molecule has 2 aromatic rings. The van der Waals surface area contributed by atoms with Gasteiger partial charge in [0.1, 0.15) is 17.2 Å². The third kappa shape index (κ3) is 3.20. The molecule has 0 unspecified atom stereocenters. The number of anilines is 1. The first-order valence-corrected chi connectivity index (χ1v) is 9.06. The minimum atomic E-state index is -4.00. The van der Waals surface area contributed by atoms with E-state index in [2.05, 4.69) is 5.32 Å². The smallest absolute Gasteiger partial charge is 0.269 e. The van der Waals surface area contributed by atoms with Crippen molar-refractivity contribution in [3.8, 4) is 5.75 Å². The van der Waals surface area contributed by atoms with Gasteiger partial charge in [0.25, 0.3) is 15.9 Å². The Morgan fingerprint density at radius 2 is 1.92 bits per heavy atom. The van der Waals surface area contributed by atoms with E-state index in [-0.39, 0.29) is 10.5 Å². The lowest BCUT2D eigenvalue weighted by Gasteiger charge is -2.15. The molecular formula is C17H16N2O5S. The van der Waals surface area contributed by atoms with Crippen LogP contribution < -0.4 is 10.1 Å². The van der Waals surface area contributed by atoms with Gasteiger partial charge in [-0.15, -0.1) is 0 Å². The SMILES string of the molecule is CCOc1cccc(NC(=O)CN2C(=O)c3ccccc3S2(=O)=O)c1. The zero-order chi connectivity index (χ0) is 18.0. The maximum absolute atomic E-state index is 12.4. The van der Waals surface area contributed by atoms with Crippen LogP contribution in [0.2, 0.25) is 0 Å². The van der Waals surface area contributed by atoms with E-state index in [0.29, 0.717) is 22.3 Å². The van der Waals surface area contributed by atoms with Gasteiger partial charge in [-0.2, -0.15) is 0 Å². The Hall–Kier alpha value is -2.87. The van der Waals surface area contributed by atoms with Crippen molar-refractivity contribution in [3.05, 3.63) is 54.1 Å². The molecule has 0 fully saturated rings. The molecule has 130 valence electrons. The van der Waals surface area contributed by atoms with Gasteiger partial charge in [-0.1, -0.05) is 18.2 Å². The van der Waals surface area contributed by atoms with Crippen molar-refractivity contribution >= 4 is 27.5 Å². The summed E-state index contributed by atoms with van der Waals surface area (Å²) >= 11 is 0. The zero-order valence-electron chi connectivity index (χ0n) is 13.4. The van der Waals surface area contributed by atoms with Crippen molar-refractivity contribution in [1.82, 2.24) is 4.31 Å². The van der Waals surface area contributed by atoms with Gasteiger partial charge in [0.2, 0.25) is 5.91 Å². The highest BCUT2D eigenvalue weighted by molar-refractivity contribution is 7.90. The number of hydrogen-bond acceptors (Lipinski definition) is 5. The highest BCUT2D eigenvalue weighted by Crippen LogP contribution is 2.29. The van der Waals surface area contributed by atoms with Crippen LogP contribution in [0.5, 0.6) is 5.75 Å². The molecule has 0 atom stereocenters. The van der Waals surface area contributed by atoms with Gasteiger partial charge in [0.05, 0.1) is 12.2 Å². The summed E-state index contributed by atoms with van der Waals surface area (Å²) < 4.78 is 30.8. The molecule has 0 aliphatic carbocycles. The molecule has 7 nitrogen and oxygen atoms in total. The largest absolute Gasteiger partial charge is 0.494 e. The van der Waals surface area contributed by atoms with Gasteiger partial charge < -0.3 is 10.1 Å². The number of fused-ring (bicyclic) bond motifs is 1. The average molecular weight is 360 g/mol. The van der Waals surface area contributed by atoms with Gasteiger partial charge in [-0.3, -0.25) is 9.59 Å². The molecule has 0 bridgehead atoms. The molecule has 3 rings (SSSR count). The normalized spacial score (nSPS) is 14.9. The molecular weight excluding hydrogens is 344 g/mol.